The summed E-state index contributed by atoms with van der Waals surface area (Å²) < 4.78 is 0. The second-order valence-electron chi connectivity index (χ2n) is 3.70. The highest BCUT2D eigenvalue weighted by Gasteiger charge is 2.23. The largest absolute Gasteiger partial charge is 0.481 e. The number of hydrogen-bond acceptors (Lipinski definition) is 5. The van der Waals surface area contributed by atoms with Crippen molar-refractivity contribution in [3.8, 4) is 0 Å². The molecule has 2 unspecified atom stereocenters. The molecule has 0 spiro atoms. The summed E-state index contributed by atoms with van der Waals surface area (Å²) in [5.41, 5.74) is 0. The number of H-pyrrole nitrogens is 1. The van der Waals surface area contributed by atoms with Gasteiger partial charge in [0.05, 0.1) is 12.5 Å². The number of amides is 2. The highest BCUT2D eigenvalue weighted by molar-refractivity contribution is 5.86. The minimum absolute atomic E-state index is 0.389. The Balaban J connectivity index is 2.53. The number of urea groups is 1. The van der Waals surface area contributed by atoms with Crippen LogP contribution < -0.4 is 10.6 Å². The van der Waals surface area contributed by atoms with E-state index in [1.54, 1.807) is 6.92 Å². The lowest BCUT2D eigenvalue weighted by Crippen LogP contribution is -2.47. The summed E-state index contributed by atoms with van der Waals surface area (Å²) in [7, 11) is 0. The first kappa shape index (κ1) is 14.4. The molecule has 0 aromatic carbocycles. The van der Waals surface area contributed by atoms with Gasteiger partial charge in [0.2, 0.25) is 0 Å². The Bertz CT molecular complexity index is 460. The quantitative estimate of drug-likeness (QED) is 0.448. The van der Waals surface area contributed by atoms with Crippen LogP contribution in [0.1, 0.15) is 25.2 Å². The molecule has 0 bridgehead atoms. The fraction of sp³-hybridized carbons (Fsp3) is 0.444. The molecule has 1 rings (SSSR count). The number of carboxylic acids is 2. The zero-order valence-electron chi connectivity index (χ0n) is 9.95. The smallest absolute Gasteiger partial charge is 0.326 e. The molecular weight excluding hydrogens is 258 g/mol. The fourth-order valence-corrected chi connectivity index (χ4v) is 1.26. The van der Waals surface area contributed by atoms with Crippen LogP contribution in [0.15, 0.2) is 6.33 Å². The van der Waals surface area contributed by atoms with Crippen molar-refractivity contribution in [2.24, 2.45) is 0 Å². The predicted molar refractivity (Wildman–Crippen MR) is 60.1 cm³/mol. The molecule has 0 fully saturated rings. The molecule has 104 valence electrons. The minimum atomic E-state index is -1.50. The number of aliphatic carboxylic acids is 2. The van der Waals surface area contributed by atoms with E-state index in [1.807, 2.05) is 5.32 Å². The van der Waals surface area contributed by atoms with Crippen molar-refractivity contribution in [2.45, 2.75) is 25.4 Å². The van der Waals surface area contributed by atoms with Crippen LogP contribution in [0, 0.1) is 0 Å². The maximum atomic E-state index is 11.5. The number of aromatic amines is 1. The minimum Gasteiger partial charge on any atom is -0.481 e. The molecule has 10 nitrogen and oxygen atoms in total. The van der Waals surface area contributed by atoms with Gasteiger partial charge in [-0.3, -0.25) is 9.89 Å². The first-order chi connectivity index (χ1) is 8.90. The Morgan fingerprint density at radius 2 is 2.05 bits per heavy atom. The normalized spacial score (nSPS) is 13.3. The molecular formula is C9H13N5O5. The topological polar surface area (TPSA) is 157 Å². The summed E-state index contributed by atoms with van der Waals surface area (Å²) >= 11 is 0. The van der Waals surface area contributed by atoms with E-state index in [4.69, 9.17) is 10.2 Å². The summed E-state index contributed by atoms with van der Waals surface area (Å²) in [6.45, 7) is 1.60. The molecule has 2 atom stereocenters. The van der Waals surface area contributed by atoms with Gasteiger partial charge in [-0.15, -0.1) is 0 Å². The Labute approximate surface area is 107 Å². The van der Waals surface area contributed by atoms with E-state index in [0.29, 0.717) is 5.82 Å². The lowest BCUT2D eigenvalue weighted by molar-refractivity contribution is -0.145. The van der Waals surface area contributed by atoms with Gasteiger partial charge in [0.25, 0.3) is 0 Å². The van der Waals surface area contributed by atoms with Gasteiger partial charge >= 0.3 is 18.0 Å². The van der Waals surface area contributed by atoms with Crippen LogP contribution in [0.2, 0.25) is 0 Å². The van der Waals surface area contributed by atoms with E-state index in [-0.39, 0.29) is 0 Å². The third kappa shape index (κ3) is 4.61. The third-order valence-electron chi connectivity index (χ3n) is 2.17. The molecule has 0 saturated carbocycles. The lowest BCUT2D eigenvalue weighted by Gasteiger charge is -2.15. The standard InChI is InChI=1S/C9H13N5O5/c1-4(7-10-3-11-14-7)12-9(19)13-5(8(17)18)2-6(15)16/h3-5H,2H2,1H3,(H,15,16)(H,17,18)(H,10,11,14)(H2,12,13,19). The summed E-state index contributed by atoms with van der Waals surface area (Å²) in [6.07, 6.45) is 0.551. The number of carbonyl (C=O) groups excluding carboxylic acids is 1. The van der Waals surface area contributed by atoms with Gasteiger partial charge in [-0.25, -0.2) is 14.6 Å². The lowest BCUT2D eigenvalue weighted by atomic mass is 10.2. The van der Waals surface area contributed by atoms with Gasteiger partial charge in [0.1, 0.15) is 18.2 Å². The molecule has 10 heteroatoms. The molecule has 2 amide bonds. The summed E-state index contributed by atoms with van der Waals surface area (Å²) in [5, 5.41) is 27.9. The van der Waals surface area contributed by atoms with Crippen LogP contribution >= 0.6 is 0 Å². The Morgan fingerprint density at radius 1 is 1.37 bits per heavy atom. The fourth-order valence-electron chi connectivity index (χ4n) is 1.26. The maximum Gasteiger partial charge on any atom is 0.326 e. The molecule has 1 aromatic heterocycles. The Morgan fingerprint density at radius 3 is 2.53 bits per heavy atom. The predicted octanol–water partition coefficient (Wildman–Crippen LogP) is -0.907. The van der Waals surface area contributed by atoms with Crippen molar-refractivity contribution in [2.75, 3.05) is 0 Å². The third-order valence-corrected chi connectivity index (χ3v) is 2.17. The first-order valence-electron chi connectivity index (χ1n) is 5.27. The van der Waals surface area contributed by atoms with Crippen molar-refractivity contribution in [3.63, 3.8) is 0 Å². The number of nitrogens with one attached hydrogen (secondary N) is 3. The average molecular weight is 271 g/mol. The van der Waals surface area contributed by atoms with Crippen LogP contribution in [0.25, 0.3) is 0 Å². The van der Waals surface area contributed by atoms with Gasteiger partial charge in [-0.1, -0.05) is 0 Å². The summed E-state index contributed by atoms with van der Waals surface area (Å²) in [5.74, 6) is -2.36. The number of nitrogens with zero attached hydrogens (tertiary/aromatic N) is 2. The molecule has 1 aromatic rings. The van der Waals surface area contributed by atoms with Gasteiger partial charge in [-0.05, 0) is 6.92 Å². The number of aromatic nitrogens is 3. The van der Waals surface area contributed by atoms with E-state index in [1.165, 1.54) is 6.33 Å². The number of carboxylic acid groups (broad SMARTS) is 2. The first-order valence-corrected chi connectivity index (χ1v) is 5.27. The zero-order chi connectivity index (χ0) is 14.4. The maximum absolute atomic E-state index is 11.5. The molecule has 19 heavy (non-hydrogen) atoms. The Hall–Kier alpha value is -2.65. The van der Waals surface area contributed by atoms with Crippen LogP contribution in [0.3, 0.4) is 0 Å². The molecule has 1 heterocycles. The van der Waals surface area contributed by atoms with Crippen molar-refractivity contribution in [3.05, 3.63) is 12.2 Å². The van der Waals surface area contributed by atoms with E-state index in [9.17, 15) is 14.4 Å². The van der Waals surface area contributed by atoms with E-state index in [2.05, 4.69) is 20.5 Å². The number of carbonyl (C=O) groups is 3. The van der Waals surface area contributed by atoms with E-state index >= 15 is 0 Å². The molecule has 0 radical (unpaired) electrons. The van der Waals surface area contributed by atoms with Gasteiger partial charge < -0.3 is 20.8 Å². The molecule has 0 aliphatic carbocycles. The van der Waals surface area contributed by atoms with Crippen molar-refractivity contribution >= 4 is 18.0 Å². The van der Waals surface area contributed by atoms with Crippen molar-refractivity contribution in [1.82, 2.24) is 25.8 Å². The number of rotatable bonds is 6. The van der Waals surface area contributed by atoms with Crippen LogP contribution in [-0.4, -0.2) is 49.4 Å². The highest BCUT2D eigenvalue weighted by Crippen LogP contribution is 2.03. The molecule has 0 saturated heterocycles. The average Bonchev–Trinajstić information content (AvgIpc) is 2.80. The SMILES string of the molecule is CC(NC(=O)NC(CC(=O)O)C(=O)O)c1ncn[nH]1. The van der Waals surface area contributed by atoms with Gasteiger partial charge in [0, 0.05) is 0 Å². The van der Waals surface area contributed by atoms with Crippen molar-refractivity contribution in [1.29, 1.82) is 0 Å². The summed E-state index contributed by atoms with van der Waals surface area (Å²) in [4.78, 5) is 36.5. The monoisotopic (exact) mass is 271 g/mol. The molecule has 0 aliphatic rings. The van der Waals surface area contributed by atoms with E-state index in [0.717, 1.165) is 0 Å². The van der Waals surface area contributed by atoms with Crippen LogP contribution in [0.4, 0.5) is 4.79 Å². The van der Waals surface area contributed by atoms with Gasteiger partial charge in [0.15, 0.2) is 0 Å². The molecule has 5 N–H and O–H groups in total. The Kier molecular flexibility index (Phi) is 4.80. The van der Waals surface area contributed by atoms with Crippen molar-refractivity contribution < 1.29 is 24.6 Å². The number of hydrogen-bond donors (Lipinski definition) is 5. The van der Waals surface area contributed by atoms with Gasteiger partial charge in [-0.2, -0.15) is 5.10 Å². The molecule has 0 aliphatic heterocycles. The van der Waals surface area contributed by atoms with Crippen LogP contribution in [0.5, 0.6) is 0 Å². The van der Waals surface area contributed by atoms with E-state index < -0.39 is 36.5 Å². The van der Waals surface area contributed by atoms with Crippen LogP contribution in [-0.2, 0) is 9.59 Å². The second kappa shape index (κ2) is 6.33. The second-order valence-corrected chi connectivity index (χ2v) is 3.70. The highest BCUT2D eigenvalue weighted by atomic mass is 16.4. The summed E-state index contributed by atoms with van der Waals surface area (Å²) in [6, 6.07) is -2.83. The zero-order valence-corrected chi connectivity index (χ0v) is 9.95.